The number of carbonyl (C=O) groups is 1. The summed E-state index contributed by atoms with van der Waals surface area (Å²) in [5.41, 5.74) is 0. The second kappa shape index (κ2) is 6.48. The highest BCUT2D eigenvalue weighted by molar-refractivity contribution is 8.13. The predicted octanol–water partition coefficient (Wildman–Crippen LogP) is 2.32. The van der Waals surface area contributed by atoms with E-state index in [2.05, 4.69) is 5.32 Å². The second-order valence-electron chi connectivity index (χ2n) is 4.22. The molecular weight excluding hydrogens is 363 g/mol. The van der Waals surface area contributed by atoms with Gasteiger partial charge in [0.2, 0.25) is 0 Å². The first-order valence-electron chi connectivity index (χ1n) is 5.88. The molecular formula is C11H11Cl3N2O4S. The van der Waals surface area contributed by atoms with Crippen molar-refractivity contribution in [2.75, 3.05) is 26.2 Å². The molecule has 0 aliphatic carbocycles. The van der Waals surface area contributed by atoms with Gasteiger partial charge in [0.15, 0.2) is 0 Å². The first kappa shape index (κ1) is 16.5. The summed E-state index contributed by atoms with van der Waals surface area (Å²) < 4.78 is 28.0. The highest BCUT2D eigenvalue weighted by atomic mass is 35.7. The van der Waals surface area contributed by atoms with Crippen LogP contribution in [0.4, 0.5) is 4.79 Å². The van der Waals surface area contributed by atoms with Gasteiger partial charge in [-0.3, -0.25) is 0 Å². The van der Waals surface area contributed by atoms with Crippen LogP contribution in [-0.4, -0.2) is 45.6 Å². The SMILES string of the molecule is O=C1NCCN1CCOc1cc(Cl)c(S(=O)(=O)Cl)cc1Cl. The third-order valence-electron chi connectivity index (χ3n) is 2.81. The van der Waals surface area contributed by atoms with E-state index in [1.807, 2.05) is 0 Å². The van der Waals surface area contributed by atoms with Crippen LogP contribution < -0.4 is 10.1 Å². The lowest BCUT2D eigenvalue weighted by molar-refractivity contribution is 0.202. The van der Waals surface area contributed by atoms with E-state index in [-0.39, 0.29) is 33.3 Å². The fourth-order valence-corrected chi connectivity index (χ4v) is 3.59. The Morgan fingerprint density at radius 3 is 2.57 bits per heavy atom. The third kappa shape index (κ3) is 4.06. The Kier molecular flexibility index (Phi) is 5.08. The monoisotopic (exact) mass is 372 g/mol. The molecule has 1 aromatic carbocycles. The minimum atomic E-state index is -3.97. The van der Waals surface area contributed by atoms with Gasteiger partial charge in [-0.1, -0.05) is 23.2 Å². The van der Waals surface area contributed by atoms with Gasteiger partial charge in [-0.2, -0.15) is 0 Å². The summed E-state index contributed by atoms with van der Waals surface area (Å²) in [7, 11) is 1.26. The Bertz CT molecular complexity index is 666. The molecule has 1 N–H and O–H groups in total. The normalized spacial score (nSPS) is 15.2. The van der Waals surface area contributed by atoms with Crippen LogP contribution in [0.5, 0.6) is 5.75 Å². The van der Waals surface area contributed by atoms with Crippen LogP contribution in [0.25, 0.3) is 0 Å². The van der Waals surface area contributed by atoms with Gasteiger partial charge in [0, 0.05) is 29.8 Å². The first-order chi connectivity index (χ1) is 9.79. The maximum absolute atomic E-state index is 11.3. The van der Waals surface area contributed by atoms with Gasteiger partial charge < -0.3 is 15.0 Å². The Labute approximate surface area is 136 Å². The van der Waals surface area contributed by atoms with Gasteiger partial charge in [0.1, 0.15) is 17.3 Å². The molecule has 1 heterocycles. The second-order valence-corrected chi connectivity index (χ2v) is 7.57. The maximum Gasteiger partial charge on any atom is 0.317 e. The van der Waals surface area contributed by atoms with Crippen molar-refractivity contribution in [3.63, 3.8) is 0 Å². The zero-order valence-corrected chi connectivity index (χ0v) is 13.7. The highest BCUT2D eigenvalue weighted by Crippen LogP contribution is 2.34. The molecule has 1 fully saturated rings. The van der Waals surface area contributed by atoms with Crippen molar-refractivity contribution >= 4 is 49.0 Å². The van der Waals surface area contributed by atoms with E-state index in [1.165, 1.54) is 6.07 Å². The molecule has 1 saturated heterocycles. The van der Waals surface area contributed by atoms with Gasteiger partial charge in [-0.25, -0.2) is 13.2 Å². The Hall–Kier alpha value is -0.890. The number of ether oxygens (including phenoxy) is 1. The molecule has 0 aromatic heterocycles. The summed E-state index contributed by atoms with van der Waals surface area (Å²) in [6, 6.07) is 2.26. The van der Waals surface area contributed by atoms with E-state index in [9.17, 15) is 13.2 Å². The molecule has 1 aliphatic heterocycles. The van der Waals surface area contributed by atoms with Crippen LogP contribution in [-0.2, 0) is 9.05 Å². The topological polar surface area (TPSA) is 75.7 Å². The Morgan fingerprint density at radius 2 is 2.00 bits per heavy atom. The fraction of sp³-hybridized carbons (Fsp3) is 0.364. The van der Waals surface area contributed by atoms with Crippen molar-refractivity contribution in [2.24, 2.45) is 0 Å². The number of urea groups is 1. The third-order valence-corrected chi connectivity index (χ3v) is 4.89. The van der Waals surface area contributed by atoms with E-state index in [0.717, 1.165) is 6.07 Å². The number of amides is 2. The number of hydrogen-bond acceptors (Lipinski definition) is 4. The van der Waals surface area contributed by atoms with Gasteiger partial charge >= 0.3 is 6.03 Å². The molecule has 21 heavy (non-hydrogen) atoms. The Morgan fingerprint density at radius 1 is 1.29 bits per heavy atom. The number of carbonyl (C=O) groups excluding carboxylic acids is 1. The zero-order chi connectivity index (χ0) is 15.6. The van der Waals surface area contributed by atoms with Gasteiger partial charge in [-0.15, -0.1) is 0 Å². The zero-order valence-electron chi connectivity index (χ0n) is 10.6. The molecule has 0 radical (unpaired) electrons. The largest absolute Gasteiger partial charge is 0.490 e. The van der Waals surface area contributed by atoms with E-state index < -0.39 is 9.05 Å². The number of nitrogens with one attached hydrogen (secondary N) is 1. The minimum Gasteiger partial charge on any atom is -0.490 e. The molecule has 1 aliphatic rings. The van der Waals surface area contributed by atoms with Crippen molar-refractivity contribution in [3.05, 3.63) is 22.2 Å². The smallest absolute Gasteiger partial charge is 0.317 e. The number of rotatable bonds is 5. The average Bonchev–Trinajstić information content (AvgIpc) is 2.77. The molecule has 0 bridgehead atoms. The summed E-state index contributed by atoms with van der Waals surface area (Å²) in [5, 5.41) is 2.66. The standard InChI is InChI=1S/C11H11Cl3N2O4S/c12-7-6-10(21(14,18)19)8(13)5-9(7)20-4-3-16-2-1-15-11(16)17/h5-6H,1-4H2,(H,15,17). The molecule has 0 unspecified atom stereocenters. The molecule has 1 aromatic rings. The van der Waals surface area contributed by atoms with Crippen molar-refractivity contribution < 1.29 is 17.9 Å². The quantitative estimate of drug-likeness (QED) is 0.804. The number of benzene rings is 1. The van der Waals surface area contributed by atoms with E-state index in [1.54, 1.807) is 4.90 Å². The summed E-state index contributed by atoms with van der Waals surface area (Å²) in [5.74, 6) is 0.227. The van der Waals surface area contributed by atoms with Crippen molar-refractivity contribution in [1.29, 1.82) is 0 Å². The molecule has 6 nitrogen and oxygen atoms in total. The molecule has 116 valence electrons. The average molecular weight is 374 g/mol. The summed E-state index contributed by atoms with van der Waals surface area (Å²) in [4.78, 5) is 12.6. The van der Waals surface area contributed by atoms with Crippen LogP contribution in [0.15, 0.2) is 17.0 Å². The molecule has 0 saturated carbocycles. The maximum atomic E-state index is 11.3. The summed E-state index contributed by atoms with van der Waals surface area (Å²) in [6.07, 6.45) is 0. The molecule has 10 heteroatoms. The van der Waals surface area contributed by atoms with E-state index in [0.29, 0.717) is 19.6 Å². The number of halogens is 3. The van der Waals surface area contributed by atoms with Crippen LogP contribution in [0.1, 0.15) is 0 Å². The molecule has 0 spiro atoms. The number of nitrogens with zero attached hydrogens (tertiary/aromatic N) is 1. The Balaban J connectivity index is 2.04. The van der Waals surface area contributed by atoms with Crippen LogP contribution >= 0.6 is 33.9 Å². The van der Waals surface area contributed by atoms with E-state index >= 15 is 0 Å². The van der Waals surface area contributed by atoms with Crippen LogP contribution in [0, 0.1) is 0 Å². The first-order valence-corrected chi connectivity index (χ1v) is 8.95. The lowest BCUT2D eigenvalue weighted by Gasteiger charge is -2.15. The minimum absolute atomic E-state index is 0.0736. The van der Waals surface area contributed by atoms with Crippen molar-refractivity contribution in [1.82, 2.24) is 10.2 Å². The van der Waals surface area contributed by atoms with Gasteiger partial charge in [0.05, 0.1) is 16.6 Å². The summed E-state index contributed by atoms with van der Waals surface area (Å²) in [6.45, 7) is 1.81. The highest BCUT2D eigenvalue weighted by Gasteiger charge is 2.20. The van der Waals surface area contributed by atoms with Crippen molar-refractivity contribution in [3.8, 4) is 5.75 Å². The molecule has 2 rings (SSSR count). The van der Waals surface area contributed by atoms with E-state index in [4.69, 9.17) is 38.6 Å². The lowest BCUT2D eigenvalue weighted by atomic mass is 10.3. The lowest BCUT2D eigenvalue weighted by Crippen LogP contribution is -2.31. The molecule has 0 atom stereocenters. The fourth-order valence-electron chi connectivity index (χ4n) is 1.80. The van der Waals surface area contributed by atoms with Crippen LogP contribution in [0.3, 0.4) is 0 Å². The summed E-state index contributed by atoms with van der Waals surface area (Å²) >= 11 is 11.8. The van der Waals surface area contributed by atoms with Gasteiger partial charge in [0.25, 0.3) is 9.05 Å². The molecule has 2 amide bonds. The van der Waals surface area contributed by atoms with Crippen LogP contribution in [0.2, 0.25) is 10.0 Å². The number of hydrogen-bond donors (Lipinski definition) is 1. The predicted molar refractivity (Wildman–Crippen MR) is 80.0 cm³/mol. The van der Waals surface area contributed by atoms with Crippen molar-refractivity contribution in [2.45, 2.75) is 4.90 Å². The van der Waals surface area contributed by atoms with Gasteiger partial charge in [-0.05, 0) is 6.07 Å².